The Bertz CT molecular complexity index is 319. The molecule has 7 heteroatoms. The number of hydrogen-bond donors (Lipinski definition) is 3. The number of hydrogen-bond acceptors (Lipinski definition) is 3. The highest BCUT2D eigenvalue weighted by Gasteiger charge is 2.21. The second kappa shape index (κ2) is 6.07. The minimum absolute atomic E-state index is 0.0146. The van der Waals surface area contributed by atoms with Crippen LogP contribution in [-0.2, 0) is 9.59 Å². The summed E-state index contributed by atoms with van der Waals surface area (Å²) in [6, 6.07) is -0.322. The lowest BCUT2D eigenvalue weighted by atomic mass is 10.1. The van der Waals surface area contributed by atoms with Gasteiger partial charge in [0.25, 0.3) is 0 Å². The van der Waals surface area contributed by atoms with Gasteiger partial charge in [-0.05, 0) is 5.92 Å². The summed E-state index contributed by atoms with van der Waals surface area (Å²) in [5.74, 6) is -1.19. The number of carbonyl (C=O) groups excluding carboxylic acids is 2. The van der Waals surface area contributed by atoms with Crippen LogP contribution in [0.15, 0.2) is 0 Å². The second-order valence-corrected chi connectivity index (χ2v) is 4.16. The number of rotatable bonds is 4. The van der Waals surface area contributed by atoms with Crippen LogP contribution in [0.3, 0.4) is 0 Å². The Kier molecular flexibility index (Phi) is 4.74. The van der Waals surface area contributed by atoms with E-state index in [4.69, 9.17) is 5.11 Å². The molecule has 3 amide bonds. The molecule has 0 spiro atoms. The molecule has 1 heterocycles. The van der Waals surface area contributed by atoms with Crippen molar-refractivity contribution < 1.29 is 19.5 Å². The van der Waals surface area contributed by atoms with Gasteiger partial charge in [0, 0.05) is 26.1 Å². The van der Waals surface area contributed by atoms with Crippen molar-refractivity contribution in [1.29, 1.82) is 0 Å². The van der Waals surface area contributed by atoms with E-state index in [1.807, 2.05) is 0 Å². The quantitative estimate of drug-likeness (QED) is 0.604. The Morgan fingerprint density at radius 1 is 1.59 bits per heavy atom. The summed E-state index contributed by atoms with van der Waals surface area (Å²) in [6.07, 6.45) is 0.0146. The Labute approximate surface area is 99.2 Å². The smallest absolute Gasteiger partial charge is 0.317 e. The molecule has 0 aromatic rings. The molecule has 0 aromatic heterocycles. The maximum atomic E-state index is 11.6. The first-order valence-corrected chi connectivity index (χ1v) is 5.50. The van der Waals surface area contributed by atoms with Crippen LogP contribution in [0.4, 0.5) is 4.79 Å². The molecule has 1 rings (SSSR count). The molecular formula is C10H17N3O4. The lowest BCUT2D eigenvalue weighted by Crippen LogP contribution is -2.53. The average Bonchev–Trinajstić information content (AvgIpc) is 2.25. The van der Waals surface area contributed by atoms with E-state index in [2.05, 4.69) is 10.6 Å². The van der Waals surface area contributed by atoms with E-state index in [-0.39, 0.29) is 30.8 Å². The number of amides is 3. The third-order valence-electron chi connectivity index (χ3n) is 2.45. The van der Waals surface area contributed by atoms with Crippen LogP contribution in [0.5, 0.6) is 0 Å². The fraction of sp³-hybridized carbons (Fsp3) is 0.700. The second-order valence-electron chi connectivity index (χ2n) is 4.16. The van der Waals surface area contributed by atoms with Gasteiger partial charge >= 0.3 is 12.0 Å². The Hall–Kier alpha value is -1.79. The van der Waals surface area contributed by atoms with Crippen LogP contribution in [0.25, 0.3) is 0 Å². The van der Waals surface area contributed by atoms with Crippen LogP contribution < -0.4 is 10.6 Å². The predicted molar refractivity (Wildman–Crippen MR) is 59.4 cm³/mol. The standard InChI is InChI=1S/C10H17N3O4/c1-7(4-9(15)16)5-12-10(17)13-3-2-11-8(14)6-13/h7H,2-6H2,1H3,(H,11,14)(H,12,17)(H,15,16). The zero-order chi connectivity index (χ0) is 12.8. The van der Waals surface area contributed by atoms with Crippen LogP contribution in [0, 0.1) is 5.92 Å². The predicted octanol–water partition coefficient (Wildman–Crippen LogP) is -0.761. The molecule has 1 aliphatic rings. The summed E-state index contributed by atoms with van der Waals surface area (Å²) in [5.41, 5.74) is 0. The van der Waals surface area contributed by atoms with Crippen molar-refractivity contribution >= 4 is 17.9 Å². The fourth-order valence-corrected chi connectivity index (χ4v) is 1.56. The summed E-state index contributed by atoms with van der Waals surface area (Å²) in [4.78, 5) is 34.5. The minimum atomic E-state index is -0.885. The number of carbonyl (C=O) groups is 3. The van der Waals surface area contributed by atoms with E-state index in [1.165, 1.54) is 4.90 Å². The summed E-state index contributed by atoms with van der Waals surface area (Å²) < 4.78 is 0. The monoisotopic (exact) mass is 243 g/mol. The largest absolute Gasteiger partial charge is 0.481 e. The number of nitrogens with one attached hydrogen (secondary N) is 2. The van der Waals surface area contributed by atoms with E-state index in [1.54, 1.807) is 6.92 Å². The topological polar surface area (TPSA) is 98.7 Å². The molecule has 0 aliphatic carbocycles. The molecule has 1 saturated heterocycles. The van der Waals surface area contributed by atoms with Gasteiger partial charge < -0.3 is 20.6 Å². The van der Waals surface area contributed by atoms with Crippen molar-refractivity contribution in [3.63, 3.8) is 0 Å². The molecule has 1 atom stereocenters. The first kappa shape index (κ1) is 13.3. The number of carboxylic acid groups (broad SMARTS) is 1. The highest BCUT2D eigenvalue weighted by molar-refractivity contribution is 5.85. The number of piperazine rings is 1. The van der Waals surface area contributed by atoms with Gasteiger partial charge in [0.1, 0.15) is 6.54 Å². The zero-order valence-corrected chi connectivity index (χ0v) is 9.73. The summed E-state index contributed by atoms with van der Waals surface area (Å²) in [5, 5.41) is 13.8. The maximum Gasteiger partial charge on any atom is 0.317 e. The summed E-state index contributed by atoms with van der Waals surface area (Å²) >= 11 is 0. The lowest BCUT2D eigenvalue weighted by Gasteiger charge is -2.27. The summed E-state index contributed by atoms with van der Waals surface area (Å²) in [7, 11) is 0. The van der Waals surface area contributed by atoms with Crippen molar-refractivity contribution in [1.82, 2.24) is 15.5 Å². The van der Waals surface area contributed by atoms with Gasteiger partial charge in [-0.25, -0.2) is 4.79 Å². The van der Waals surface area contributed by atoms with Crippen molar-refractivity contribution in [3.8, 4) is 0 Å². The van der Waals surface area contributed by atoms with Crippen molar-refractivity contribution in [2.45, 2.75) is 13.3 Å². The average molecular weight is 243 g/mol. The van der Waals surface area contributed by atoms with E-state index in [0.717, 1.165) is 0 Å². The van der Waals surface area contributed by atoms with Crippen LogP contribution >= 0.6 is 0 Å². The lowest BCUT2D eigenvalue weighted by molar-refractivity contribution is -0.137. The molecule has 1 unspecified atom stereocenters. The number of carboxylic acids is 1. The van der Waals surface area contributed by atoms with Crippen LogP contribution in [0.2, 0.25) is 0 Å². The molecule has 0 aromatic carbocycles. The highest BCUT2D eigenvalue weighted by atomic mass is 16.4. The van der Waals surface area contributed by atoms with Crippen LogP contribution in [0.1, 0.15) is 13.3 Å². The van der Waals surface area contributed by atoms with E-state index in [9.17, 15) is 14.4 Å². The fourth-order valence-electron chi connectivity index (χ4n) is 1.56. The normalized spacial score (nSPS) is 17.2. The van der Waals surface area contributed by atoms with Gasteiger partial charge in [-0.2, -0.15) is 0 Å². The summed E-state index contributed by atoms with van der Waals surface area (Å²) in [6.45, 7) is 3.03. The van der Waals surface area contributed by atoms with Gasteiger partial charge in [-0.3, -0.25) is 9.59 Å². The Morgan fingerprint density at radius 3 is 2.88 bits per heavy atom. The van der Waals surface area contributed by atoms with Gasteiger partial charge in [-0.15, -0.1) is 0 Å². The molecular weight excluding hydrogens is 226 g/mol. The SMILES string of the molecule is CC(CNC(=O)N1CCNC(=O)C1)CC(=O)O. The van der Waals surface area contributed by atoms with E-state index < -0.39 is 5.97 Å². The highest BCUT2D eigenvalue weighted by Crippen LogP contribution is 2.00. The first-order chi connectivity index (χ1) is 7.99. The molecule has 17 heavy (non-hydrogen) atoms. The maximum absolute atomic E-state index is 11.6. The molecule has 0 radical (unpaired) electrons. The Balaban J connectivity index is 2.29. The van der Waals surface area contributed by atoms with Gasteiger partial charge in [0.15, 0.2) is 0 Å². The molecule has 96 valence electrons. The molecule has 3 N–H and O–H groups in total. The van der Waals surface area contributed by atoms with E-state index >= 15 is 0 Å². The van der Waals surface area contributed by atoms with E-state index in [0.29, 0.717) is 19.6 Å². The number of urea groups is 1. The minimum Gasteiger partial charge on any atom is -0.481 e. The third kappa shape index (κ3) is 4.71. The van der Waals surface area contributed by atoms with Crippen molar-refractivity contribution in [2.75, 3.05) is 26.2 Å². The van der Waals surface area contributed by atoms with Crippen molar-refractivity contribution in [2.24, 2.45) is 5.92 Å². The molecule has 0 bridgehead atoms. The molecule has 1 fully saturated rings. The number of aliphatic carboxylic acids is 1. The first-order valence-electron chi connectivity index (χ1n) is 5.50. The zero-order valence-electron chi connectivity index (χ0n) is 9.73. The Morgan fingerprint density at radius 2 is 2.29 bits per heavy atom. The molecule has 7 nitrogen and oxygen atoms in total. The third-order valence-corrected chi connectivity index (χ3v) is 2.45. The van der Waals surface area contributed by atoms with Gasteiger partial charge in [-0.1, -0.05) is 6.92 Å². The number of nitrogens with zero attached hydrogens (tertiary/aromatic N) is 1. The van der Waals surface area contributed by atoms with Gasteiger partial charge in [0.05, 0.1) is 0 Å². The van der Waals surface area contributed by atoms with Crippen LogP contribution in [-0.4, -0.2) is 54.1 Å². The van der Waals surface area contributed by atoms with Crippen molar-refractivity contribution in [3.05, 3.63) is 0 Å². The van der Waals surface area contributed by atoms with Gasteiger partial charge in [0.2, 0.25) is 5.91 Å². The molecule has 0 saturated carbocycles. The molecule has 1 aliphatic heterocycles.